The number of fused-ring (bicyclic) bond motifs is 1. The van der Waals surface area contributed by atoms with Crippen molar-refractivity contribution in [2.24, 2.45) is 0 Å². The van der Waals surface area contributed by atoms with Crippen molar-refractivity contribution in [1.29, 1.82) is 0 Å². The van der Waals surface area contributed by atoms with E-state index in [1.165, 1.54) is 22.9 Å². The largest absolute Gasteiger partial charge is 0.353 e. The number of amides is 1. The van der Waals surface area contributed by atoms with Gasteiger partial charge in [-0.05, 0) is 49.9 Å². The second-order valence-corrected chi connectivity index (χ2v) is 7.57. The second-order valence-electron chi connectivity index (χ2n) is 6.58. The molecule has 0 saturated carbocycles. The molecule has 1 N–H and O–H groups in total. The van der Waals surface area contributed by atoms with Gasteiger partial charge in [0.1, 0.15) is 0 Å². The molecule has 0 aliphatic heterocycles. The van der Waals surface area contributed by atoms with Gasteiger partial charge in [-0.15, -0.1) is 0 Å². The molecule has 3 rings (SSSR count). The lowest BCUT2D eigenvalue weighted by Crippen LogP contribution is -2.34. The number of carbonyl (C=O) groups excluding carboxylic acids is 1. The molecule has 3 aromatic rings. The van der Waals surface area contributed by atoms with Crippen molar-refractivity contribution >= 4 is 28.6 Å². The molecule has 0 spiro atoms. The third kappa shape index (κ3) is 5.09. The first-order valence-electron chi connectivity index (χ1n) is 8.94. The van der Waals surface area contributed by atoms with Crippen LogP contribution in [0.3, 0.4) is 0 Å². The van der Waals surface area contributed by atoms with Crippen LogP contribution in [0.2, 0.25) is 0 Å². The molecule has 26 heavy (non-hydrogen) atoms. The van der Waals surface area contributed by atoms with Crippen LogP contribution in [-0.4, -0.2) is 22.7 Å². The molecule has 0 saturated heterocycles. The minimum absolute atomic E-state index is 0.0585. The SMILES string of the molecule is Cc1cc(SCC(=O)N[C@H](C)CCc2ccccc2)nc2ccccc12. The van der Waals surface area contributed by atoms with Gasteiger partial charge in [0.15, 0.2) is 0 Å². The van der Waals surface area contributed by atoms with Crippen molar-refractivity contribution in [2.75, 3.05) is 5.75 Å². The van der Waals surface area contributed by atoms with Gasteiger partial charge in [0.2, 0.25) is 5.91 Å². The van der Waals surface area contributed by atoms with Crippen LogP contribution in [0.25, 0.3) is 10.9 Å². The van der Waals surface area contributed by atoms with Crippen molar-refractivity contribution in [3.8, 4) is 0 Å². The molecule has 134 valence electrons. The average molecular weight is 365 g/mol. The van der Waals surface area contributed by atoms with Crippen LogP contribution in [0.1, 0.15) is 24.5 Å². The summed E-state index contributed by atoms with van der Waals surface area (Å²) in [5.41, 5.74) is 3.47. The van der Waals surface area contributed by atoms with Gasteiger partial charge in [0.05, 0.1) is 16.3 Å². The molecule has 3 nitrogen and oxygen atoms in total. The molecule has 1 amide bonds. The maximum Gasteiger partial charge on any atom is 0.230 e. The summed E-state index contributed by atoms with van der Waals surface area (Å²) in [5, 5.41) is 5.14. The van der Waals surface area contributed by atoms with Crippen molar-refractivity contribution < 1.29 is 4.79 Å². The van der Waals surface area contributed by atoms with Gasteiger partial charge < -0.3 is 5.32 Å². The Morgan fingerprint density at radius 2 is 1.85 bits per heavy atom. The fourth-order valence-corrected chi connectivity index (χ4v) is 3.73. The third-order valence-electron chi connectivity index (χ3n) is 4.37. The lowest BCUT2D eigenvalue weighted by Gasteiger charge is -2.14. The smallest absolute Gasteiger partial charge is 0.230 e. The van der Waals surface area contributed by atoms with Gasteiger partial charge in [-0.3, -0.25) is 4.79 Å². The first kappa shape index (κ1) is 18.5. The number of nitrogens with zero attached hydrogens (tertiary/aromatic N) is 1. The minimum Gasteiger partial charge on any atom is -0.353 e. The molecule has 0 aliphatic carbocycles. The number of aryl methyl sites for hydroxylation is 2. The Balaban J connectivity index is 1.49. The number of pyridine rings is 1. The van der Waals surface area contributed by atoms with E-state index in [1.54, 1.807) is 0 Å². The number of rotatable bonds is 7. The summed E-state index contributed by atoms with van der Waals surface area (Å²) >= 11 is 1.49. The Labute approximate surface area is 159 Å². The fraction of sp³-hybridized carbons (Fsp3) is 0.273. The zero-order valence-electron chi connectivity index (χ0n) is 15.2. The maximum atomic E-state index is 12.2. The number of benzene rings is 2. The molecule has 0 aliphatic rings. The lowest BCUT2D eigenvalue weighted by molar-refractivity contribution is -0.119. The Morgan fingerprint density at radius 3 is 2.65 bits per heavy atom. The quantitative estimate of drug-likeness (QED) is 0.614. The zero-order valence-corrected chi connectivity index (χ0v) is 16.1. The predicted molar refractivity (Wildman–Crippen MR) is 110 cm³/mol. The van der Waals surface area contributed by atoms with Crippen molar-refractivity contribution in [3.05, 3.63) is 71.8 Å². The van der Waals surface area contributed by atoms with Gasteiger partial charge in [-0.25, -0.2) is 4.98 Å². The van der Waals surface area contributed by atoms with E-state index in [9.17, 15) is 4.79 Å². The first-order chi connectivity index (χ1) is 12.6. The average Bonchev–Trinajstić information content (AvgIpc) is 2.66. The Kier molecular flexibility index (Phi) is 6.29. The summed E-state index contributed by atoms with van der Waals surface area (Å²) in [7, 11) is 0. The Morgan fingerprint density at radius 1 is 1.12 bits per heavy atom. The molecule has 1 aromatic heterocycles. The normalized spacial score (nSPS) is 12.1. The predicted octanol–water partition coefficient (Wildman–Crippen LogP) is 4.77. The van der Waals surface area contributed by atoms with Crippen LogP contribution < -0.4 is 5.32 Å². The van der Waals surface area contributed by atoms with Crippen molar-refractivity contribution in [3.63, 3.8) is 0 Å². The van der Waals surface area contributed by atoms with E-state index in [-0.39, 0.29) is 11.9 Å². The summed E-state index contributed by atoms with van der Waals surface area (Å²) in [6.07, 6.45) is 1.91. The van der Waals surface area contributed by atoms with E-state index in [1.807, 2.05) is 36.4 Å². The molecule has 0 radical (unpaired) electrons. The van der Waals surface area contributed by atoms with E-state index in [0.29, 0.717) is 5.75 Å². The monoisotopic (exact) mass is 364 g/mol. The van der Waals surface area contributed by atoms with Gasteiger partial charge in [-0.1, -0.05) is 60.3 Å². The number of thioether (sulfide) groups is 1. The molecule has 4 heteroatoms. The summed E-state index contributed by atoms with van der Waals surface area (Å²) < 4.78 is 0. The molecule has 1 heterocycles. The molecule has 1 atom stereocenters. The number of aromatic nitrogens is 1. The third-order valence-corrected chi connectivity index (χ3v) is 5.28. The Bertz CT molecular complexity index is 880. The van der Waals surface area contributed by atoms with Crippen LogP contribution in [0.15, 0.2) is 65.7 Å². The van der Waals surface area contributed by atoms with E-state index in [4.69, 9.17) is 0 Å². The number of hydrogen-bond acceptors (Lipinski definition) is 3. The highest BCUT2D eigenvalue weighted by Gasteiger charge is 2.10. The molecule has 0 bridgehead atoms. The summed E-state index contributed by atoms with van der Waals surface area (Å²) in [6.45, 7) is 4.14. The fourth-order valence-electron chi connectivity index (χ4n) is 2.95. The molecule has 0 fully saturated rings. The van der Waals surface area contributed by atoms with Crippen molar-refractivity contribution in [1.82, 2.24) is 10.3 Å². The van der Waals surface area contributed by atoms with Crippen molar-refractivity contribution in [2.45, 2.75) is 37.8 Å². The van der Waals surface area contributed by atoms with Crippen LogP contribution in [0, 0.1) is 6.92 Å². The molecular formula is C22H24N2OS. The van der Waals surface area contributed by atoms with Crippen LogP contribution >= 0.6 is 11.8 Å². The first-order valence-corrected chi connectivity index (χ1v) is 9.93. The van der Waals surface area contributed by atoms with E-state index < -0.39 is 0 Å². The van der Waals surface area contributed by atoms with Crippen LogP contribution in [0.4, 0.5) is 0 Å². The second kappa shape index (κ2) is 8.86. The summed E-state index contributed by atoms with van der Waals surface area (Å²) in [5.74, 6) is 0.448. The van der Waals surface area contributed by atoms with E-state index in [0.717, 1.165) is 28.8 Å². The number of hydrogen-bond donors (Lipinski definition) is 1. The van der Waals surface area contributed by atoms with Gasteiger partial charge in [-0.2, -0.15) is 0 Å². The minimum atomic E-state index is 0.0585. The zero-order chi connectivity index (χ0) is 18.4. The standard InChI is InChI=1S/C22H24N2OS/c1-16-14-22(24-20-11-7-6-10-19(16)20)26-15-21(25)23-17(2)12-13-18-8-4-3-5-9-18/h3-11,14,17H,12-13,15H2,1-2H3,(H,23,25)/t17-/m1/s1. The highest BCUT2D eigenvalue weighted by Crippen LogP contribution is 2.23. The van der Waals surface area contributed by atoms with Crippen LogP contribution in [0.5, 0.6) is 0 Å². The van der Waals surface area contributed by atoms with E-state index >= 15 is 0 Å². The number of nitrogens with one attached hydrogen (secondary N) is 1. The highest BCUT2D eigenvalue weighted by molar-refractivity contribution is 7.99. The molecular weight excluding hydrogens is 340 g/mol. The van der Waals surface area contributed by atoms with E-state index in [2.05, 4.69) is 48.4 Å². The number of carbonyl (C=O) groups is 1. The highest BCUT2D eigenvalue weighted by atomic mass is 32.2. The van der Waals surface area contributed by atoms with Gasteiger partial charge in [0, 0.05) is 11.4 Å². The number of para-hydroxylation sites is 1. The van der Waals surface area contributed by atoms with Gasteiger partial charge >= 0.3 is 0 Å². The Hall–Kier alpha value is -2.33. The molecule has 2 aromatic carbocycles. The lowest BCUT2D eigenvalue weighted by atomic mass is 10.1. The summed E-state index contributed by atoms with van der Waals surface area (Å²) in [4.78, 5) is 16.9. The topological polar surface area (TPSA) is 42.0 Å². The van der Waals surface area contributed by atoms with Gasteiger partial charge in [0.25, 0.3) is 0 Å². The summed E-state index contributed by atoms with van der Waals surface area (Å²) in [6, 6.07) is 20.7. The maximum absolute atomic E-state index is 12.2. The molecule has 0 unspecified atom stereocenters. The van der Waals surface area contributed by atoms with Crippen LogP contribution in [-0.2, 0) is 11.2 Å².